The Morgan fingerprint density at radius 1 is 1.33 bits per heavy atom. The molecule has 4 fully saturated rings. The fourth-order valence-corrected chi connectivity index (χ4v) is 4.78. The van der Waals surface area contributed by atoms with Crippen LogP contribution in [-0.4, -0.2) is 11.4 Å². The van der Waals surface area contributed by atoms with Crippen molar-refractivity contribution in [2.75, 3.05) is 0 Å². The van der Waals surface area contributed by atoms with Crippen molar-refractivity contribution in [2.45, 2.75) is 57.4 Å². The largest absolute Gasteiger partial charge is 0.351 e. The first kappa shape index (κ1) is 9.68. The van der Waals surface area contributed by atoms with E-state index in [-0.39, 0.29) is 11.4 Å². The van der Waals surface area contributed by atoms with Gasteiger partial charge in [0.2, 0.25) is 5.91 Å². The molecule has 4 aliphatic rings. The minimum atomic E-state index is 0.184. The van der Waals surface area contributed by atoms with Gasteiger partial charge in [-0.2, -0.15) is 0 Å². The smallest absolute Gasteiger partial charge is 0.217 e. The van der Waals surface area contributed by atoms with Crippen molar-refractivity contribution in [3.8, 4) is 0 Å². The second-order valence-corrected chi connectivity index (χ2v) is 5.98. The van der Waals surface area contributed by atoms with Gasteiger partial charge >= 0.3 is 0 Å². The zero-order valence-electron chi connectivity index (χ0n) is 9.59. The lowest BCUT2D eigenvalue weighted by Crippen LogP contribution is -2.63. The Morgan fingerprint density at radius 2 is 2.20 bits per heavy atom. The Kier molecular flexibility index (Phi) is 2.08. The van der Waals surface area contributed by atoms with Gasteiger partial charge in [0, 0.05) is 12.5 Å². The van der Waals surface area contributed by atoms with Gasteiger partial charge in [-0.25, -0.2) is 0 Å². The molecule has 1 N–H and O–H groups in total. The molecule has 0 saturated heterocycles. The highest BCUT2D eigenvalue weighted by Crippen LogP contribution is 2.56. The summed E-state index contributed by atoms with van der Waals surface area (Å²) in [6.45, 7) is 1.68. The van der Waals surface area contributed by atoms with Gasteiger partial charge in [-0.3, -0.25) is 4.79 Å². The highest BCUT2D eigenvalue weighted by atomic mass is 16.1. The molecule has 0 aliphatic heterocycles. The summed E-state index contributed by atoms with van der Waals surface area (Å²) in [5.41, 5.74) is 0.218. The zero-order chi connectivity index (χ0) is 10.5. The summed E-state index contributed by atoms with van der Waals surface area (Å²) in [7, 11) is 0. The molecule has 4 atom stereocenters. The number of carbonyl (C=O) groups excluding carboxylic acids is 1. The van der Waals surface area contributed by atoms with Crippen molar-refractivity contribution >= 4 is 5.91 Å². The van der Waals surface area contributed by atoms with E-state index < -0.39 is 0 Å². The van der Waals surface area contributed by atoms with Gasteiger partial charge in [-0.05, 0) is 56.3 Å². The second kappa shape index (κ2) is 3.23. The van der Waals surface area contributed by atoms with Crippen LogP contribution in [-0.2, 0) is 4.79 Å². The molecule has 2 nitrogen and oxygen atoms in total. The van der Waals surface area contributed by atoms with Gasteiger partial charge in [0.25, 0.3) is 0 Å². The molecule has 15 heavy (non-hydrogen) atoms. The van der Waals surface area contributed by atoms with Crippen LogP contribution in [0.2, 0.25) is 0 Å². The van der Waals surface area contributed by atoms with Crippen molar-refractivity contribution in [3.05, 3.63) is 0 Å². The Morgan fingerprint density at radius 3 is 2.93 bits per heavy atom. The topological polar surface area (TPSA) is 29.1 Å². The van der Waals surface area contributed by atoms with Crippen molar-refractivity contribution in [3.63, 3.8) is 0 Å². The van der Waals surface area contributed by atoms with E-state index in [1.54, 1.807) is 6.92 Å². The molecule has 0 aromatic carbocycles. The maximum Gasteiger partial charge on any atom is 0.217 e. The fraction of sp³-hybridized carbons (Fsp3) is 0.923. The summed E-state index contributed by atoms with van der Waals surface area (Å²) in [5, 5.41) is 3.32. The monoisotopic (exact) mass is 207 g/mol. The SMILES string of the molecule is CC(=O)N[C@]12CCC[C@H]3C[C@@H](CC[C@@H]31)C2. The number of nitrogens with one attached hydrogen (secondary N) is 1. The zero-order valence-corrected chi connectivity index (χ0v) is 9.59. The minimum Gasteiger partial charge on any atom is -0.351 e. The fourth-order valence-electron chi connectivity index (χ4n) is 4.78. The summed E-state index contributed by atoms with van der Waals surface area (Å²) >= 11 is 0. The Hall–Kier alpha value is -0.530. The van der Waals surface area contributed by atoms with Gasteiger partial charge in [-0.15, -0.1) is 0 Å². The van der Waals surface area contributed by atoms with Gasteiger partial charge in [0.15, 0.2) is 0 Å². The lowest BCUT2D eigenvalue weighted by atomic mass is 9.51. The lowest BCUT2D eigenvalue weighted by molar-refractivity contribution is -0.126. The van der Waals surface area contributed by atoms with Crippen LogP contribution in [0.25, 0.3) is 0 Å². The first-order valence-corrected chi connectivity index (χ1v) is 6.48. The normalized spacial score (nSPS) is 47.7. The quantitative estimate of drug-likeness (QED) is 0.703. The van der Waals surface area contributed by atoms with Crippen LogP contribution >= 0.6 is 0 Å². The van der Waals surface area contributed by atoms with Crippen LogP contribution < -0.4 is 5.32 Å². The molecule has 0 spiro atoms. The molecule has 0 aromatic heterocycles. The van der Waals surface area contributed by atoms with Crippen molar-refractivity contribution in [1.29, 1.82) is 0 Å². The summed E-state index contributed by atoms with van der Waals surface area (Å²) in [4.78, 5) is 11.4. The Bertz CT molecular complexity index is 288. The van der Waals surface area contributed by atoms with E-state index in [4.69, 9.17) is 0 Å². The molecular formula is C13H21NO. The average molecular weight is 207 g/mol. The number of fused-ring (bicyclic) bond motifs is 1. The van der Waals surface area contributed by atoms with Crippen LogP contribution in [0.3, 0.4) is 0 Å². The average Bonchev–Trinajstić information content (AvgIpc) is 2.16. The van der Waals surface area contributed by atoms with Gasteiger partial charge in [0.1, 0.15) is 0 Å². The minimum absolute atomic E-state index is 0.184. The maximum atomic E-state index is 11.4. The highest BCUT2D eigenvalue weighted by Gasteiger charge is 2.53. The molecule has 0 heterocycles. The predicted octanol–water partition coefficient (Wildman–Crippen LogP) is 2.48. The van der Waals surface area contributed by atoms with Crippen LogP contribution in [0.1, 0.15) is 51.9 Å². The van der Waals surface area contributed by atoms with E-state index in [0.29, 0.717) is 0 Å². The van der Waals surface area contributed by atoms with E-state index in [1.165, 1.54) is 44.9 Å². The van der Waals surface area contributed by atoms with Crippen molar-refractivity contribution in [1.82, 2.24) is 5.32 Å². The predicted molar refractivity (Wildman–Crippen MR) is 59.3 cm³/mol. The third kappa shape index (κ3) is 1.41. The molecule has 1 amide bonds. The van der Waals surface area contributed by atoms with Crippen molar-refractivity contribution in [2.24, 2.45) is 17.8 Å². The van der Waals surface area contributed by atoms with E-state index in [1.807, 2.05) is 0 Å². The van der Waals surface area contributed by atoms with E-state index >= 15 is 0 Å². The summed E-state index contributed by atoms with van der Waals surface area (Å²) in [6.07, 6.45) is 9.50. The van der Waals surface area contributed by atoms with Gasteiger partial charge in [-0.1, -0.05) is 6.42 Å². The van der Waals surface area contributed by atoms with Gasteiger partial charge in [0.05, 0.1) is 0 Å². The molecule has 2 heteroatoms. The number of carbonyl (C=O) groups is 1. The lowest BCUT2D eigenvalue weighted by Gasteiger charge is -2.58. The molecule has 4 aliphatic carbocycles. The number of rotatable bonds is 1. The molecule has 4 saturated carbocycles. The molecule has 0 aromatic rings. The molecule has 4 rings (SSSR count). The van der Waals surface area contributed by atoms with Crippen LogP contribution in [0.5, 0.6) is 0 Å². The summed E-state index contributed by atoms with van der Waals surface area (Å²) in [6, 6.07) is 0. The molecular weight excluding hydrogens is 186 g/mol. The number of amides is 1. The first-order valence-electron chi connectivity index (χ1n) is 6.48. The third-order valence-corrected chi connectivity index (χ3v) is 5.08. The van der Waals surface area contributed by atoms with Crippen molar-refractivity contribution < 1.29 is 4.79 Å². The molecule has 0 unspecified atom stereocenters. The standard InChI is InChI=1S/C13H21NO/c1-9(15)14-13-6-2-3-11-7-10(8-13)4-5-12(11)13/h10-12H,2-8H2,1H3,(H,14,15)/t10-,11+,12+,13+/m1/s1. The maximum absolute atomic E-state index is 11.4. The van der Waals surface area contributed by atoms with Crippen LogP contribution in [0.4, 0.5) is 0 Å². The summed E-state index contributed by atoms with van der Waals surface area (Å²) in [5.74, 6) is 2.83. The molecule has 4 bridgehead atoms. The third-order valence-electron chi connectivity index (χ3n) is 5.08. The number of hydrogen-bond donors (Lipinski definition) is 1. The Labute approximate surface area is 91.8 Å². The second-order valence-electron chi connectivity index (χ2n) is 5.98. The number of hydrogen-bond acceptors (Lipinski definition) is 1. The van der Waals surface area contributed by atoms with E-state index in [0.717, 1.165) is 17.8 Å². The molecule has 0 radical (unpaired) electrons. The van der Waals surface area contributed by atoms with E-state index in [9.17, 15) is 4.79 Å². The molecule has 84 valence electrons. The van der Waals surface area contributed by atoms with Crippen LogP contribution in [0.15, 0.2) is 0 Å². The van der Waals surface area contributed by atoms with Gasteiger partial charge < -0.3 is 5.32 Å². The first-order chi connectivity index (χ1) is 7.20. The highest BCUT2D eigenvalue weighted by molar-refractivity contribution is 5.74. The summed E-state index contributed by atoms with van der Waals surface area (Å²) < 4.78 is 0. The van der Waals surface area contributed by atoms with E-state index in [2.05, 4.69) is 5.32 Å². The van der Waals surface area contributed by atoms with Crippen LogP contribution in [0, 0.1) is 17.8 Å². The Balaban J connectivity index is 1.89.